The van der Waals surface area contributed by atoms with Crippen LogP contribution in [0.4, 0.5) is 0 Å². The number of hydrogen-bond donors (Lipinski definition) is 1. The SMILES string of the molecule is Cc1c(Br)cccc1-c1c2c(c(C)n1-c1ccc(O)cc1)CCc1ccccc1-2. The number of halogens is 1. The highest BCUT2D eigenvalue weighted by Crippen LogP contribution is 2.46. The minimum atomic E-state index is 0.286. The van der Waals surface area contributed by atoms with Gasteiger partial charge in [0.2, 0.25) is 0 Å². The molecule has 0 saturated carbocycles. The normalized spacial score (nSPS) is 12.5. The molecule has 3 heteroatoms. The van der Waals surface area contributed by atoms with Crippen LogP contribution in [0.5, 0.6) is 5.75 Å². The molecule has 4 aromatic rings. The lowest BCUT2D eigenvalue weighted by Crippen LogP contribution is -2.03. The Labute approximate surface area is 179 Å². The van der Waals surface area contributed by atoms with E-state index in [0.29, 0.717) is 0 Å². The second-order valence-corrected chi connectivity index (χ2v) is 8.56. The molecular formula is C26H22BrNO. The molecule has 1 aliphatic carbocycles. The summed E-state index contributed by atoms with van der Waals surface area (Å²) in [6.07, 6.45) is 2.11. The smallest absolute Gasteiger partial charge is 0.115 e. The second-order valence-electron chi connectivity index (χ2n) is 7.71. The van der Waals surface area contributed by atoms with Crippen LogP contribution in [0.25, 0.3) is 28.1 Å². The van der Waals surface area contributed by atoms with Gasteiger partial charge in [0.25, 0.3) is 0 Å². The summed E-state index contributed by atoms with van der Waals surface area (Å²) in [5, 5.41) is 9.82. The molecule has 0 atom stereocenters. The molecule has 5 rings (SSSR count). The largest absolute Gasteiger partial charge is 0.508 e. The first-order valence-electron chi connectivity index (χ1n) is 9.93. The lowest BCUT2D eigenvalue weighted by molar-refractivity contribution is 0.475. The van der Waals surface area contributed by atoms with Crippen LogP contribution in [0.1, 0.15) is 22.4 Å². The highest BCUT2D eigenvalue weighted by molar-refractivity contribution is 9.10. The molecule has 29 heavy (non-hydrogen) atoms. The van der Waals surface area contributed by atoms with Crippen molar-refractivity contribution in [2.24, 2.45) is 0 Å². The molecule has 1 aromatic heterocycles. The molecule has 0 amide bonds. The van der Waals surface area contributed by atoms with Crippen LogP contribution in [-0.2, 0) is 12.8 Å². The van der Waals surface area contributed by atoms with Gasteiger partial charge in [-0.3, -0.25) is 0 Å². The van der Waals surface area contributed by atoms with Gasteiger partial charge in [0.1, 0.15) is 5.75 Å². The maximum absolute atomic E-state index is 9.82. The number of fused-ring (bicyclic) bond motifs is 3. The van der Waals surface area contributed by atoms with Crippen molar-refractivity contribution in [3.63, 3.8) is 0 Å². The van der Waals surface area contributed by atoms with Crippen molar-refractivity contribution in [1.82, 2.24) is 4.57 Å². The van der Waals surface area contributed by atoms with E-state index in [1.165, 1.54) is 44.8 Å². The number of benzene rings is 3. The second kappa shape index (κ2) is 6.93. The number of aromatic nitrogens is 1. The maximum Gasteiger partial charge on any atom is 0.115 e. The van der Waals surface area contributed by atoms with Gasteiger partial charge in [0.05, 0.1) is 5.69 Å². The molecule has 0 radical (unpaired) electrons. The predicted octanol–water partition coefficient (Wildman–Crippen LogP) is 6.99. The van der Waals surface area contributed by atoms with Gasteiger partial charge < -0.3 is 9.67 Å². The van der Waals surface area contributed by atoms with E-state index in [0.717, 1.165) is 23.0 Å². The van der Waals surface area contributed by atoms with Crippen LogP contribution in [-0.4, -0.2) is 9.67 Å². The van der Waals surface area contributed by atoms with Crippen LogP contribution in [0, 0.1) is 13.8 Å². The highest BCUT2D eigenvalue weighted by Gasteiger charge is 2.28. The number of phenols is 1. The zero-order chi connectivity index (χ0) is 20.1. The maximum atomic E-state index is 9.82. The molecular weight excluding hydrogens is 422 g/mol. The van der Waals surface area contributed by atoms with Crippen molar-refractivity contribution >= 4 is 15.9 Å². The molecule has 1 heterocycles. The van der Waals surface area contributed by atoms with E-state index in [2.05, 4.69) is 76.8 Å². The van der Waals surface area contributed by atoms with Crippen LogP contribution in [0.15, 0.2) is 71.2 Å². The standard InChI is InChI=1S/C26H22BrNO/c1-16-21(8-5-9-24(16)27)26-25-22(15-10-18-6-3-4-7-23(18)25)17(2)28(26)19-11-13-20(29)14-12-19/h3-9,11-14,29H,10,15H2,1-2H3. The zero-order valence-electron chi connectivity index (χ0n) is 16.5. The van der Waals surface area contributed by atoms with Gasteiger partial charge in [-0.15, -0.1) is 0 Å². The van der Waals surface area contributed by atoms with Crippen molar-refractivity contribution in [3.05, 3.63) is 93.6 Å². The molecule has 2 nitrogen and oxygen atoms in total. The molecule has 1 aliphatic rings. The van der Waals surface area contributed by atoms with Crippen molar-refractivity contribution in [2.45, 2.75) is 26.7 Å². The van der Waals surface area contributed by atoms with E-state index in [-0.39, 0.29) is 5.75 Å². The minimum absolute atomic E-state index is 0.286. The van der Waals surface area contributed by atoms with Gasteiger partial charge in [0.15, 0.2) is 0 Å². The van der Waals surface area contributed by atoms with Crippen molar-refractivity contribution in [2.75, 3.05) is 0 Å². The average molecular weight is 444 g/mol. The van der Waals surface area contributed by atoms with E-state index in [9.17, 15) is 5.11 Å². The highest BCUT2D eigenvalue weighted by atomic mass is 79.9. The van der Waals surface area contributed by atoms with E-state index < -0.39 is 0 Å². The van der Waals surface area contributed by atoms with E-state index in [1.54, 1.807) is 12.1 Å². The summed E-state index contributed by atoms with van der Waals surface area (Å²) in [5.74, 6) is 0.286. The van der Waals surface area contributed by atoms with Crippen LogP contribution < -0.4 is 0 Å². The van der Waals surface area contributed by atoms with Crippen LogP contribution in [0.3, 0.4) is 0 Å². The Kier molecular flexibility index (Phi) is 4.36. The molecule has 1 N–H and O–H groups in total. The Morgan fingerprint density at radius 1 is 0.828 bits per heavy atom. The third-order valence-corrected chi connectivity index (χ3v) is 6.96. The minimum Gasteiger partial charge on any atom is -0.508 e. The fourth-order valence-corrected chi connectivity index (χ4v) is 4.99. The van der Waals surface area contributed by atoms with Gasteiger partial charge in [0, 0.05) is 27.0 Å². The van der Waals surface area contributed by atoms with Gasteiger partial charge >= 0.3 is 0 Å². The first-order valence-corrected chi connectivity index (χ1v) is 10.7. The zero-order valence-corrected chi connectivity index (χ0v) is 18.1. The molecule has 3 aromatic carbocycles. The molecule has 0 saturated heterocycles. The summed E-state index contributed by atoms with van der Waals surface area (Å²) < 4.78 is 3.48. The lowest BCUT2D eigenvalue weighted by Gasteiger charge is -2.20. The third-order valence-electron chi connectivity index (χ3n) is 6.10. The summed E-state index contributed by atoms with van der Waals surface area (Å²) >= 11 is 3.73. The molecule has 0 aliphatic heterocycles. The summed E-state index contributed by atoms with van der Waals surface area (Å²) in [7, 11) is 0. The first-order chi connectivity index (χ1) is 14.1. The van der Waals surface area contributed by atoms with Gasteiger partial charge in [-0.2, -0.15) is 0 Å². The third kappa shape index (κ3) is 2.84. The topological polar surface area (TPSA) is 25.2 Å². The molecule has 0 spiro atoms. The lowest BCUT2D eigenvalue weighted by atomic mass is 9.84. The van der Waals surface area contributed by atoms with E-state index >= 15 is 0 Å². The number of hydrogen-bond acceptors (Lipinski definition) is 1. The summed E-state index contributed by atoms with van der Waals surface area (Å²) in [6.45, 7) is 4.39. The van der Waals surface area contributed by atoms with Crippen molar-refractivity contribution in [3.8, 4) is 33.8 Å². The Morgan fingerprint density at radius 2 is 1.55 bits per heavy atom. The van der Waals surface area contributed by atoms with Crippen molar-refractivity contribution in [1.29, 1.82) is 0 Å². The first kappa shape index (κ1) is 18.3. The fraction of sp³-hybridized carbons (Fsp3) is 0.154. The van der Waals surface area contributed by atoms with Crippen LogP contribution >= 0.6 is 15.9 Å². The molecule has 0 fully saturated rings. The van der Waals surface area contributed by atoms with Crippen molar-refractivity contribution < 1.29 is 5.11 Å². The number of nitrogens with zero attached hydrogens (tertiary/aromatic N) is 1. The summed E-state index contributed by atoms with van der Waals surface area (Å²) in [6, 6.07) is 22.7. The quantitative estimate of drug-likeness (QED) is 0.354. The summed E-state index contributed by atoms with van der Waals surface area (Å²) in [4.78, 5) is 0. The van der Waals surface area contributed by atoms with E-state index in [1.807, 2.05) is 12.1 Å². The van der Waals surface area contributed by atoms with Gasteiger partial charge in [-0.05, 0) is 79.3 Å². The van der Waals surface area contributed by atoms with E-state index in [4.69, 9.17) is 0 Å². The average Bonchev–Trinajstić information content (AvgIpc) is 3.03. The van der Waals surface area contributed by atoms with Gasteiger partial charge in [-0.1, -0.05) is 52.3 Å². The Morgan fingerprint density at radius 3 is 2.34 bits per heavy atom. The van der Waals surface area contributed by atoms with Crippen LogP contribution in [0.2, 0.25) is 0 Å². The Hall–Kier alpha value is -2.78. The summed E-state index contributed by atoms with van der Waals surface area (Å²) in [5.41, 5.74) is 11.6. The number of aryl methyl sites for hydroxylation is 1. The molecule has 144 valence electrons. The van der Waals surface area contributed by atoms with Gasteiger partial charge in [-0.25, -0.2) is 0 Å². The monoisotopic (exact) mass is 443 g/mol. The number of phenolic OH excluding ortho intramolecular Hbond substituents is 1. The molecule has 0 bridgehead atoms. The fourth-order valence-electron chi connectivity index (χ4n) is 4.62. The number of rotatable bonds is 2. The Bertz CT molecular complexity index is 1230. The Balaban J connectivity index is 1.91. The molecule has 0 unspecified atom stereocenters. The predicted molar refractivity (Wildman–Crippen MR) is 123 cm³/mol. The number of aromatic hydroxyl groups is 1.